The topological polar surface area (TPSA) is 136 Å². The minimum Gasteiger partial charge on any atom is -0.481 e. The van der Waals surface area contributed by atoms with Gasteiger partial charge in [-0.15, -0.1) is 23.2 Å². The van der Waals surface area contributed by atoms with E-state index in [-0.39, 0.29) is 55.5 Å². The monoisotopic (exact) mass is 421 g/mol. The molecule has 0 saturated carbocycles. The predicted molar refractivity (Wildman–Crippen MR) is 100 cm³/mol. The molecule has 1 amide bonds. The second-order valence-electron chi connectivity index (χ2n) is 5.70. The maximum atomic E-state index is 12.0. The van der Waals surface area contributed by atoms with Crippen molar-refractivity contribution in [3.63, 3.8) is 0 Å². The molecule has 1 atom stereocenters. The molecule has 1 aromatic rings. The van der Waals surface area contributed by atoms with Crippen molar-refractivity contribution in [2.75, 3.05) is 24.8 Å². The van der Waals surface area contributed by atoms with Crippen molar-refractivity contribution in [1.82, 2.24) is 4.90 Å². The lowest BCUT2D eigenvalue weighted by Crippen LogP contribution is -2.34. The van der Waals surface area contributed by atoms with Crippen LogP contribution in [-0.2, 0) is 22.6 Å². The van der Waals surface area contributed by atoms with Crippen molar-refractivity contribution in [3.8, 4) is 0 Å². The first-order valence-corrected chi connectivity index (χ1v) is 9.12. The molecule has 11 heteroatoms. The van der Waals surface area contributed by atoms with Crippen LogP contribution in [0.2, 0.25) is 0 Å². The highest BCUT2D eigenvalue weighted by Crippen LogP contribution is 2.22. The van der Waals surface area contributed by atoms with E-state index in [1.54, 1.807) is 0 Å². The van der Waals surface area contributed by atoms with Gasteiger partial charge >= 0.3 is 12.1 Å². The summed E-state index contributed by atoms with van der Waals surface area (Å²) in [6, 6.07) is 3.45. The van der Waals surface area contributed by atoms with E-state index in [1.165, 1.54) is 23.1 Å². The molecule has 150 valence electrons. The van der Waals surface area contributed by atoms with E-state index in [9.17, 15) is 19.7 Å². The molecule has 0 aliphatic heterocycles. The van der Waals surface area contributed by atoms with Gasteiger partial charge in [-0.1, -0.05) is 0 Å². The number of rotatable bonds is 11. The number of carboxylic acid groups (broad SMARTS) is 1. The summed E-state index contributed by atoms with van der Waals surface area (Å²) in [5.41, 5.74) is 6.36. The van der Waals surface area contributed by atoms with Crippen molar-refractivity contribution in [3.05, 3.63) is 39.4 Å². The first kappa shape index (κ1) is 22.9. The summed E-state index contributed by atoms with van der Waals surface area (Å²) < 4.78 is 5.19. The van der Waals surface area contributed by atoms with Crippen LogP contribution < -0.4 is 5.73 Å². The van der Waals surface area contributed by atoms with Gasteiger partial charge in [0.2, 0.25) is 0 Å². The van der Waals surface area contributed by atoms with Crippen molar-refractivity contribution < 1.29 is 24.4 Å². The van der Waals surface area contributed by atoms with E-state index in [1.807, 2.05) is 0 Å². The molecule has 0 fully saturated rings. The zero-order valence-corrected chi connectivity index (χ0v) is 16.0. The molecule has 0 spiro atoms. The Bertz CT molecular complexity index is 668. The Morgan fingerprint density at radius 1 is 1.30 bits per heavy atom. The van der Waals surface area contributed by atoms with E-state index in [4.69, 9.17) is 38.8 Å². The number of ether oxygens (including phenoxy) is 1. The zero-order valence-electron chi connectivity index (χ0n) is 14.5. The van der Waals surface area contributed by atoms with Gasteiger partial charge in [0, 0.05) is 42.5 Å². The lowest BCUT2D eigenvalue weighted by Gasteiger charge is -2.20. The number of amides is 1. The summed E-state index contributed by atoms with van der Waals surface area (Å²) in [7, 11) is 0. The van der Waals surface area contributed by atoms with Crippen LogP contribution in [0.1, 0.15) is 17.5 Å². The fourth-order valence-corrected chi connectivity index (χ4v) is 2.79. The summed E-state index contributed by atoms with van der Waals surface area (Å²) in [5.74, 6) is -0.626. The molecular weight excluding hydrogens is 401 g/mol. The van der Waals surface area contributed by atoms with Crippen LogP contribution in [0.3, 0.4) is 0 Å². The molecule has 0 aromatic heterocycles. The fourth-order valence-electron chi connectivity index (χ4n) is 2.38. The SMILES string of the molecule is NC(CC(=O)O)Cc1cc(COC(=O)N(CCCl)CCCl)ccc1[N+](=O)[O-]. The summed E-state index contributed by atoms with van der Waals surface area (Å²) in [6.45, 7) is 0.449. The number of nitrogens with two attached hydrogens (primary N) is 1. The third kappa shape index (κ3) is 7.98. The first-order chi connectivity index (χ1) is 12.8. The van der Waals surface area contributed by atoms with E-state index in [0.717, 1.165) is 0 Å². The Balaban J connectivity index is 2.86. The minimum atomic E-state index is -1.09. The number of halogens is 2. The Labute approximate surface area is 166 Å². The first-order valence-electron chi connectivity index (χ1n) is 8.05. The maximum absolute atomic E-state index is 12.0. The van der Waals surface area contributed by atoms with Crippen LogP contribution in [-0.4, -0.2) is 57.9 Å². The highest BCUT2D eigenvalue weighted by Gasteiger charge is 2.19. The van der Waals surface area contributed by atoms with Crippen LogP contribution in [0, 0.1) is 10.1 Å². The van der Waals surface area contributed by atoms with Gasteiger partial charge in [-0.3, -0.25) is 14.9 Å². The second-order valence-corrected chi connectivity index (χ2v) is 6.46. The largest absolute Gasteiger partial charge is 0.481 e. The average Bonchev–Trinajstić information content (AvgIpc) is 2.58. The van der Waals surface area contributed by atoms with Crippen molar-refractivity contribution in [1.29, 1.82) is 0 Å². The Kier molecular flexibility index (Phi) is 9.84. The number of carbonyl (C=O) groups excluding carboxylic acids is 1. The van der Waals surface area contributed by atoms with Crippen LogP contribution >= 0.6 is 23.2 Å². The number of carbonyl (C=O) groups is 2. The summed E-state index contributed by atoms with van der Waals surface area (Å²) in [5, 5.41) is 20.0. The number of nitrogens with zero attached hydrogens (tertiary/aromatic N) is 2. The summed E-state index contributed by atoms with van der Waals surface area (Å²) in [4.78, 5) is 34.7. The van der Waals surface area contributed by atoms with Gasteiger partial charge in [-0.2, -0.15) is 0 Å². The molecule has 0 aliphatic carbocycles. The number of aliphatic carboxylic acids is 1. The molecule has 0 saturated heterocycles. The molecule has 0 aliphatic rings. The second kappa shape index (κ2) is 11.6. The molecule has 1 aromatic carbocycles. The third-order valence-electron chi connectivity index (χ3n) is 3.59. The maximum Gasteiger partial charge on any atom is 0.410 e. The van der Waals surface area contributed by atoms with E-state index >= 15 is 0 Å². The van der Waals surface area contributed by atoms with Gasteiger partial charge in [0.05, 0.1) is 11.3 Å². The molecular formula is C16H21Cl2N3O6. The van der Waals surface area contributed by atoms with E-state index < -0.39 is 23.0 Å². The molecule has 0 radical (unpaired) electrons. The smallest absolute Gasteiger partial charge is 0.410 e. The van der Waals surface area contributed by atoms with Crippen LogP contribution in [0.4, 0.5) is 10.5 Å². The minimum absolute atomic E-state index is 0.00895. The normalized spacial score (nSPS) is 11.7. The molecule has 27 heavy (non-hydrogen) atoms. The lowest BCUT2D eigenvalue weighted by atomic mass is 10.0. The van der Waals surface area contributed by atoms with Gasteiger partial charge in [-0.25, -0.2) is 4.79 Å². The number of nitro groups is 1. The third-order valence-corrected chi connectivity index (χ3v) is 3.93. The quantitative estimate of drug-likeness (QED) is 0.317. The van der Waals surface area contributed by atoms with Gasteiger partial charge in [-0.05, 0) is 24.1 Å². The number of alkyl halides is 2. The Morgan fingerprint density at radius 3 is 2.44 bits per heavy atom. The number of hydrogen-bond donors (Lipinski definition) is 2. The summed E-state index contributed by atoms with van der Waals surface area (Å²) in [6.07, 6.45) is -0.907. The van der Waals surface area contributed by atoms with Gasteiger partial charge in [0.1, 0.15) is 6.61 Å². The highest BCUT2D eigenvalue weighted by atomic mass is 35.5. The van der Waals surface area contributed by atoms with Gasteiger partial charge in [0.15, 0.2) is 0 Å². The molecule has 0 bridgehead atoms. The molecule has 0 heterocycles. The Hall–Kier alpha value is -2.10. The number of carboxylic acids is 1. The number of nitro benzene ring substituents is 1. The lowest BCUT2D eigenvalue weighted by molar-refractivity contribution is -0.385. The van der Waals surface area contributed by atoms with Crippen LogP contribution in [0.15, 0.2) is 18.2 Å². The van der Waals surface area contributed by atoms with Crippen LogP contribution in [0.5, 0.6) is 0 Å². The number of benzene rings is 1. The Morgan fingerprint density at radius 2 is 1.93 bits per heavy atom. The highest BCUT2D eigenvalue weighted by molar-refractivity contribution is 6.18. The van der Waals surface area contributed by atoms with E-state index in [0.29, 0.717) is 5.56 Å². The van der Waals surface area contributed by atoms with Gasteiger partial charge < -0.3 is 20.5 Å². The average molecular weight is 422 g/mol. The standard InChI is InChI=1S/C16H21Cl2N3O6/c17-3-5-20(6-4-18)16(24)27-10-11-1-2-14(21(25)26)12(7-11)8-13(19)9-15(22)23/h1-2,7,13H,3-6,8-10,19H2,(H,22,23). The molecule has 1 unspecified atom stereocenters. The van der Waals surface area contributed by atoms with E-state index in [2.05, 4.69) is 0 Å². The summed E-state index contributed by atoms with van der Waals surface area (Å²) >= 11 is 11.3. The van der Waals surface area contributed by atoms with Gasteiger partial charge in [0.25, 0.3) is 5.69 Å². The fraction of sp³-hybridized carbons (Fsp3) is 0.500. The van der Waals surface area contributed by atoms with Crippen LogP contribution in [0.25, 0.3) is 0 Å². The predicted octanol–water partition coefficient (Wildman–Crippen LogP) is 2.36. The number of hydrogen-bond acceptors (Lipinski definition) is 6. The van der Waals surface area contributed by atoms with Crippen molar-refractivity contribution >= 4 is 41.0 Å². The van der Waals surface area contributed by atoms with Crippen molar-refractivity contribution in [2.45, 2.75) is 25.5 Å². The zero-order chi connectivity index (χ0) is 20.4. The molecule has 3 N–H and O–H groups in total. The molecule has 1 rings (SSSR count). The van der Waals surface area contributed by atoms with Crippen molar-refractivity contribution in [2.24, 2.45) is 5.73 Å². The molecule has 9 nitrogen and oxygen atoms in total.